The highest BCUT2D eigenvalue weighted by atomic mass is 35.5. The van der Waals surface area contributed by atoms with Crippen molar-refractivity contribution in [1.29, 1.82) is 0 Å². The van der Waals surface area contributed by atoms with Gasteiger partial charge in [0.2, 0.25) is 5.78 Å². The summed E-state index contributed by atoms with van der Waals surface area (Å²) >= 11 is 5.79. The van der Waals surface area contributed by atoms with E-state index in [1.807, 2.05) is 19.1 Å². The molecule has 0 radical (unpaired) electrons. The quantitative estimate of drug-likeness (QED) is 0.462. The number of hydrogen-bond donors (Lipinski definition) is 0. The van der Waals surface area contributed by atoms with Gasteiger partial charge in [0.15, 0.2) is 6.10 Å². The molecular formula is C19H17ClO3. The molecule has 0 saturated carbocycles. The molecule has 2 rings (SSSR count). The second-order valence-electron chi connectivity index (χ2n) is 5.19. The number of carbonyl (C=O) groups is 2. The number of aryl methyl sites for hydroxylation is 1. The molecule has 0 aliphatic heterocycles. The van der Waals surface area contributed by atoms with Crippen LogP contribution in [0.4, 0.5) is 0 Å². The zero-order valence-corrected chi connectivity index (χ0v) is 13.7. The van der Waals surface area contributed by atoms with Gasteiger partial charge in [-0.25, -0.2) is 4.79 Å². The Bertz CT molecular complexity index is 715. The Kier molecular flexibility index (Phi) is 5.72. The van der Waals surface area contributed by atoms with Crippen LogP contribution in [0, 0.1) is 6.92 Å². The van der Waals surface area contributed by atoms with Crippen molar-refractivity contribution in [3.8, 4) is 0 Å². The summed E-state index contributed by atoms with van der Waals surface area (Å²) in [6.07, 6.45) is 2.07. The number of halogens is 1. The van der Waals surface area contributed by atoms with Crippen molar-refractivity contribution >= 4 is 29.4 Å². The van der Waals surface area contributed by atoms with Crippen LogP contribution >= 0.6 is 11.6 Å². The predicted octanol–water partition coefficient (Wildman–Crippen LogP) is 4.48. The van der Waals surface area contributed by atoms with Crippen LogP contribution in [0.15, 0.2) is 54.6 Å². The van der Waals surface area contributed by atoms with Crippen molar-refractivity contribution in [1.82, 2.24) is 0 Å². The summed E-state index contributed by atoms with van der Waals surface area (Å²) in [5.41, 5.74) is 2.42. The molecule has 0 spiro atoms. The van der Waals surface area contributed by atoms with E-state index in [0.717, 1.165) is 11.1 Å². The SMILES string of the molecule is Cc1ccc(C(=O)[C@@H](C)OC(=O)/C=C/c2ccc(Cl)cc2)cc1. The lowest BCUT2D eigenvalue weighted by molar-refractivity contribution is -0.140. The van der Waals surface area contributed by atoms with E-state index < -0.39 is 12.1 Å². The summed E-state index contributed by atoms with van der Waals surface area (Å²) in [4.78, 5) is 24.0. The van der Waals surface area contributed by atoms with Gasteiger partial charge in [-0.15, -0.1) is 0 Å². The normalized spacial score (nSPS) is 12.1. The Labute approximate surface area is 140 Å². The third-order valence-corrected chi connectivity index (χ3v) is 3.53. The second-order valence-corrected chi connectivity index (χ2v) is 5.63. The minimum atomic E-state index is -0.833. The molecule has 0 aliphatic rings. The molecule has 2 aromatic rings. The van der Waals surface area contributed by atoms with E-state index in [1.165, 1.54) is 6.08 Å². The highest BCUT2D eigenvalue weighted by molar-refractivity contribution is 6.30. The first-order chi connectivity index (χ1) is 11.0. The van der Waals surface area contributed by atoms with Crippen LogP contribution in [-0.4, -0.2) is 17.9 Å². The third-order valence-electron chi connectivity index (χ3n) is 3.28. The Balaban J connectivity index is 1.95. The van der Waals surface area contributed by atoms with E-state index >= 15 is 0 Å². The maximum Gasteiger partial charge on any atom is 0.331 e. The van der Waals surface area contributed by atoms with Crippen LogP contribution in [0.3, 0.4) is 0 Å². The molecule has 0 fully saturated rings. The highest BCUT2D eigenvalue weighted by Crippen LogP contribution is 2.12. The topological polar surface area (TPSA) is 43.4 Å². The Morgan fingerprint density at radius 2 is 1.65 bits per heavy atom. The van der Waals surface area contributed by atoms with Gasteiger partial charge in [-0.3, -0.25) is 4.79 Å². The highest BCUT2D eigenvalue weighted by Gasteiger charge is 2.18. The summed E-state index contributed by atoms with van der Waals surface area (Å²) in [5, 5.41) is 0.627. The second kappa shape index (κ2) is 7.75. The first kappa shape index (κ1) is 17.0. The lowest BCUT2D eigenvalue weighted by Crippen LogP contribution is -2.23. The maximum atomic E-state index is 12.2. The van der Waals surface area contributed by atoms with Crippen molar-refractivity contribution in [3.05, 3.63) is 76.3 Å². The molecule has 0 N–H and O–H groups in total. The van der Waals surface area contributed by atoms with E-state index in [4.69, 9.17) is 16.3 Å². The molecular weight excluding hydrogens is 312 g/mol. The van der Waals surface area contributed by atoms with Gasteiger partial charge in [0.05, 0.1) is 0 Å². The average molecular weight is 329 g/mol. The van der Waals surface area contributed by atoms with Crippen LogP contribution < -0.4 is 0 Å². The molecule has 0 aromatic heterocycles. The number of esters is 1. The van der Waals surface area contributed by atoms with Crippen LogP contribution in [0.2, 0.25) is 5.02 Å². The van der Waals surface area contributed by atoms with Crippen molar-refractivity contribution < 1.29 is 14.3 Å². The third kappa shape index (κ3) is 5.08. The number of hydrogen-bond acceptors (Lipinski definition) is 3. The average Bonchev–Trinajstić information content (AvgIpc) is 2.54. The van der Waals surface area contributed by atoms with Gasteiger partial charge in [-0.2, -0.15) is 0 Å². The summed E-state index contributed by atoms with van der Waals surface area (Å²) < 4.78 is 5.14. The number of carbonyl (C=O) groups excluding carboxylic acids is 2. The van der Waals surface area contributed by atoms with Crippen molar-refractivity contribution in [2.45, 2.75) is 20.0 Å². The molecule has 1 atom stereocenters. The fourth-order valence-corrected chi connectivity index (χ4v) is 2.08. The van der Waals surface area contributed by atoms with E-state index in [0.29, 0.717) is 10.6 Å². The summed E-state index contributed by atoms with van der Waals surface area (Å²) in [7, 11) is 0. The molecule has 0 unspecified atom stereocenters. The van der Waals surface area contributed by atoms with Gasteiger partial charge in [0.25, 0.3) is 0 Å². The molecule has 118 valence electrons. The largest absolute Gasteiger partial charge is 0.451 e. The lowest BCUT2D eigenvalue weighted by Gasteiger charge is -2.11. The summed E-state index contributed by atoms with van der Waals surface area (Å²) in [6, 6.07) is 14.2. The number of ether oxygens (including phenoxy) is 1. The Morgan fingerprint density at radius 3 is 2.26 bits per heavy atom. The number of Topliss-reactive ketones (excluding diaryl/α,β-unsaturated/α-hetero) is 1. The minimum absolute atomic E-state index is 0.224. The van der Waals surface area contributed by atoms with Crippen molar-refractivity contribution in [2.24, 2.45) is 0 Å². The zero-order valence-electron chi connectivity index (χ0n) is 13.0. The number of ketones is 1. The molecule has 0 heterocycles. The van der Waals surface area contributed by atoms with Gasteiger partial charge < -0.3 is 4.74 Å². The van der Waals surface area contributed by atoms with E-state index in [2.05, 4.69) is 0 Å². The van der Waals surface area contributed by atoms with Gasteiger partial charge in [0.1, 0.15) is 0 Å². The van der Waals surface area contributed by atoms with Crippen LogP contribution in [0.1, 0.15) is 28.4 Å². The van der Waals surface area contributed by atoms with Gasteiger partial charge in [-0.1, -0.05) is 53.6 Å². The van der Waals surface area contributed by atoms with E-state index in [-0.39, 0.29) is 5.78 Å². The van der Waals surface area contributed by atoms with Gasteiger partial charge in [0, 0.05) is 16.7 Å². The van der Waals surface area contributed by atoms with Gasteiger partial charge >= 0.3 is 5.97 Å². The molecule has 3 nitrogen and oxygen atoms in total. The van der Waals surface area contributed by atoms with Crippen molar-refractivity contribution in [3.63, 3.8) is 0 Å². The molecule has 4 heteroatoms. The maximum absolute atomic E-state index is 12.2. The van der Waals surface area contributed by atoms with Crippen LogP contribution in [0.25, 0.3) is 6.08 Å². The fraction of sp³-hybridized carbons (Fsp3) is 0.158. The number of benzene rings is 2. The summed E-state index contributed by atoms with van der Waals surface area (Å²) in [5.74, 6) is -0.786. The standard InChI is InChI=1S/C19H17ClO3/c1-13-3-8-16(9-4-13)19(22)14(2)23-18(21)12-7-15-5-10-17(20)11-6-15/h3-12,14H,1-2H3/b12-7+/t14-/m1/s1. The van der Waals surface area contributed by atoms with Crippen LogP contribution in [-0.2, 0) is 9.53 Å². The first-order valence-corrected chi connectivity index (χ1v) is 7.58. The fourth-order valence-electron chi connectivity index (χ4n) is 1.96. The minimum Gasteiger partial charge on any atom is -0.451 e. The first-order valence-electron chi connectivity index (χ1n) is 7.21. The van der Waals surface area contributed by atoms with Crippen LogP contribution in [0.5, 0.6) is 0 Å². The molecule has 0 aliphatic carbocycles. The summed E-state index contributed by atoms with van der Waals surface area (Å²) in [6.45, 7) is 3.51. The van der Waals surface area contributed by atoms with Crippen molar-refractivity contribution in [2.75, 3.05) is 0 Å². The Hall–Kier alpha value is -2.39. The molecule has 2 aromatic carbocycles. The number of rotatable bonds is 5. The smallest absolute Gasteiger partial charge is 0.331 e. The van der Waals surface area contributed by atoms with E-state index in [1.54, 1.807) is 49.4 Å². The Morgan fingerprint density at radius 1 is 1.04 bits per heavy atom. The monoisotopic (exact) mass is 328 g/mol. The predicted molar refractivity (Wildman–Crippen MR) is 91.5 cm³/mol. The zero-order chi connectivity index (χ0) is 16.8. The molecule has 0 bridgehead atoms. The van der Waals surface area contributed by atoms with Gasteiger partial charge in [-0.05, 0) is 37.6 Å². The lowest BCUT2D eigenvalue weighted by atomic mass is 10.1. The molecule has 0 saturated heterocycles. The molecule has 0 amide bonds. The van der Waals surface area contributed by atoms with E-state index in [9.17, 15) is 9.59 Å². The molecule has 23 heavy (non-hydrogen) atoms.